The summed E-state index contributed by atoms with van der Waals surface area (Å²) in [7, 11) is -3.50. The lowest BCUT2D eigenvalue weighted by atomic mass is 10.1. The van der Waals surface area contributed by atoms with Crippen molar-refractivity contribution >= 4 is 21.8 Å². The van der Waals surface area contributed by atoms with Gasteiger partial charge in [-0.2, -0.15) is 11.8 Å². The number of hydrogen-bond donors (Lipinski definition) is 2. The first-order chi connectivity index (χ1) is 9.25. The molecule has 1 aromatic carbocycles. The molecule has 0 aromatic heterocycles. The second kappa shape index (κ2) is 6.93. The van der Waals surface area contributed by atoms with Crippen LogP contribution in [0.15, 0.2) is 23.1 Å². The van der Waals surface area contributed by atoms with Crippen LogP contribution in [0.3, 0.4) is 0 Å². The fourth-order valence-corrected chi connectivity index (χ4v) is 3.57. The van der Waals surface area contributed by atoms with Gasteiger partial charge in [0.25, 0.3) is 0 Å². The lowest BCUT2D eigenvalue weighted by Crippen LogP contribution is -2.36. The molecule has 0 aliphatic carbocycles. The highest BCUT2D eigenvalue weighted by Crippen LogP contribution is 2.22. The molecule has 0 bridgehead atoms. The molecule has 0 radical (unpaired) electrons. The molecule has 0 spiro atoms. The summed E-state index contributed by atoms with van der Waals surface area (Å²) in [6.45, 7) is 6.70. The second-order valence-corrected chi connectivity index (χ2v) is 8.54. The van der Waals surface area contributed by atoms with Crippen LogP contribution in [0.25, 0.3) is 0 Å². The number of rotatable bonds is 7. The molecule has 0 aliphatic heterocycles. The Balaban J connectivity index is 3.08. The fraction of sp³-hybridized carbons (Fsp3) is 0.571. The van der Waals surface area contributed by atoms with Gasteiger partial charge in [-0.15, -0.1) is 0 Å². The van der Waals surface area contributed by atoms with E-state index in [0.29, 0.717) is 24.4 Å². The topological polar surface area (TPSA) is 72.2 Å². The summed E-state index contributed by atoms with van der Waals surface area (Å²) in [6, 6.07) is 5.40. The first-order valence-electron chi connectivity index (χ1n) is 6.62. The predicted molar refractivity (Wildman–Crippen MR) is 86.5 cm³/mol. The molecular weight excluding hydrogens is 292 g/mol. The number of aryl methyl sites for hydroxylation is 1. The van der Waals surface area contributed by atoms with Crippen LogP contribution in [0.2, 0.25) is 0 Å². The predicted octanol–water partition coefficient (Wildman–Crippen LogP) is 2.13. The van der Waals surface area contributed by atoms with E-state index in [1.807, 2.05) is 39.2 Å². The third kappa shape index (κ3) is 4.48. The molecule has 20 heavy (non-hydrogen) atoms. The van der Waals surface area contributed by atoms with Gasteiger partial charge in [0.1, 0.15) is 0 Å². The zero-order valence-corrected chi connectivity index (χ0v) is 14.2. The summed E-state index contributed by atoms with van der Waals surface area (Å²) >= 11 is 1.63. The molecule has 1 aromatic rings. The largest absolute Gasteiger partial charge is 0.326 e. The maximum absolute atomic E-state index is 12.5. The lowest BCUT2D eigenvalue weighted by molar-refractivity contribution is 0.569. The van der Waals surface area contributed by atoms with Crippen molar-refractivity contribution in [3.63, 3.8) is 0 Å². The van der Waals surface area contributed by atoms with Gasteiger partial charge in [0.15, 0.2) is 0 Å². The van der Waals surface area contributed by atoms with Crippen LogP contribution in [0.1, 0.15) is 31.9 Å². The molecule has 0 saturated heterocycles. The summed E-state index contributed by atoms with van der Waals surface area (Å²) in [5.41, 5.74) is 7.24. The van der Waals surface area contributed by atoms with Crippen LogP contribution in [-0.4, -0.2) is 26.0 Å². The van der Waals surface area contributed by atoms with Crippen molar-refractivity contribution in [2.75, 3.05) is 12.8 Å². The van der Waals surface area contributed by atoms with E-state index in [9.17, 15) is 8.42 Å². The highest BCUT2D eigenvalue weighted by Gasteiger charge is 2.23. The summed E-state index contributed by atoms with van der Waals surface area (Å²) in [4.78, 5) is 0.347. The molecule has 1 rings (SSSR count). The van der Waals surface area contributed by atoms with Crippen molar-refractivity contribution in [1.29, 1.82) is 0 Å². The van der Waals surface area contributed by atoms with Crippen LogP contribution < -0.4 is 10.5 Å². The molecule has 0 aliphatic rings. The van der Waals surface area contributed by atoms with Gasteiger partial charge in [-0.1, -0.05) is 19.1 Å². The first kappa shape index (κ1) is 17.5. The van der Waals surface area contributed by atoms with Crippen LogP contribution in [0.4, 0.5) is 0 Å². The molecule has 4 nitrogen and oxygen atoms in total. The average Bonchev–Trinajstić information content (AvgIpc) is 2.44. The molecule has 6 heteroatoms. The van der Waals surface area contributed by atoms with Crippen molar-refractivity contribution in [2.24, 2.45) is 5.73 Å². The van der Waals surface area contributed by atoms with Crippen molar-refractivity contribution < 1.29 is 8.42 Å². The van der Waals surface area contributed by atoms with Gasteiger partial charge < -0.3 is 5.73 Å². The Labute approximate surface area is 126 Å². The molecule has 0 heterocycles. The highest BCUT2D eigenvalue weighted by molar-refractivity contribution is 8.00. The lowest BCUT2D eigenvalue weighted by Gasteiger charge is -2.22. The van der Waals surface area contributed by atoms with Crippen molar-refractivity contribution in [1.82, 2.24) is 4.72 Å². The molecule has 0 unspecified atom stereocenters. The van der Waals surface area contributed by atoms with E-state index < -0.39 is 10.0 Å². The average molecular weight is 316 g/mol. The Hall–Kier alpha value is -0.560. The van der Waals surface area contributed by atoms with Crippen molar-refractivity contribution in [3.05, 3.63) is 29.3 Å². The summed E-state index contributed by atoms with van der Waals surface area (Å²) in [5, 5.41) is 0. The minimum atomic E-state index is -3.50. The summed E-state index contributed by atoms with van der Waals surface area (Å²) in [5.74, 6) is 0. The van der Waals surface area contributed by atoms with Gasteiger partial charge in [0, 0.05) is 17.8 Å². The molecule has 0 fully saturated rings. The Morgan fingerprint density at radius 1 is 1.35 bits per heavy atom. The van der Waals surface area contributed by atoms with E-state index in [1.54, 1.807) is 17.8 Å². The van der Waals surface area contributed by atoms with Crippen LogP contribution >= 0.6 is 11.8 Å². The zero-order chi connectivity index (χ0) is 15.4. The maximum atomic E-state index is 12.5. The zero-order valence-electron chi connectivity index (χ0n) is 12.6. The normalized spacial score (nSPS) is 12.7. The maximum Gasteiger partial charge on any atom is 0.240 e. The van der Waals surface area contributed by atoms with Crippen molar-refractivity contribution in [3.8, 4) is 0 Å². The third-order valence-electron chi connectivity index (χ3n) is 3.28. The van der Waals surface area contributed by atoms with Gasteiger partial charge in [0.05, 0.1) is 4.90 Å². The number of nitrogens with two attached hydrogens (primary N) is 1. The summed E-state index contributed by atoms with van der Waals surface area (Å²) < 4.78 is 27.5. The molecule has 0 saturated carbocycles. The van der Waals surface area contributed by atoms with Crippen LogP contribution in [0.5, 0.6) is 0 Å². The van der Waals surface area contributed by atoms with Crippen molar-refractivity contribution in [2.45, 2.75) is 43.4 Å². The van der Waals surface area contributed by atoms with E-state index in [0.717, 1.165) is 11.1 Å². The Morgan fingerprint density at radius 3 is 2.50 bits per heavy atom. The smallest absolute Gasteiger partial charge is 0.240 e. The van der Waals surface area contributed by atoms with E-state index in [4.69, 9.17) is 5.73 Å². The quantitative estimate of drug-likeness (QED) is 0.808. The van der Waals surface area contributed by atoms with Gasteiger partial charge >= 0.3 is 0 Å². The fourth-order valence-electron chi connectivity index (χ4n) is 1.69. The van der Waals surface area contributed by atoms with E-state index in [-0.39, 0.29) is 4.75 Å². The number of hydrogen-bond acceptors (Lipinski definition) is 4. The molecule has 0 atom stereocenters. The standard InChI is InChI=1S/C14H24N2O2S2/c1-5-12-7-6-11(9-15)8-13(12)20(17,18)16-10-14(2,3)19-4/h6-8,16H,5,9-10,15H2,1-4H3. The van der Waals surface area contributed by atoms with Gasteiger partial charge in [-0.3, -0.25) is 0 Å². The SMILES string of the molecule is CCc1ccc(CN)cc1S(=O)(=O)NCC(C)(C)SC. The van der Waals surface area contributed by atoms with E-state index >= 15 is 0 Å². The first-order valence-corrected chi connectivity index (χ1v) is 9.33. The van der Waals surface area contributed by atoms with Gasteiger partial charge in [0.2, 0.25) is 10.0 Å². The second-order valence-electron chi connectivity index (χ2n) is 5.29. The summed E-state index contributed by atoms with van der Waals surface area (Å²) in [6.07, 6.45) is 2.65. The van der Waals surface area contributed by atoms with E-state index in [1.165, 1.54) is 0 Å². The number of sulfonamides is 1. The number of benzene rings is 1. The monoisotopic (exact) mass is 316 g/mol. The minimum Gasteiger partial charge on any atom is -0.326 e. The van der Waals surface area contributed by atoms with Gasteiger partial charge in [-0.25, -0.2) is 13.1 Å². The Morgan fingerprint density at radius 2 is 2.00 bits per heavy atom. The molecule has 114 valence electrons. The Kier molecular flexibility index (Phi) is 6.06. The van der Waals surface area contributed by atoms with Crippen LogP contribution in [-0.2, 0) is 23.0 Å². The van der Waals surface area contributed by atoms with E-state index in [2.05, 4.69) is 4.72 Å². The third-order valence-corrected chi connectivity index (χ3v) is 6.01. The van der Waals surface area contributed by atoms with Gasteiger partial charge in [-0.05, 0) is 43.7 Å². The molecule has 3 N–H and O–H groups in total. The number of thioether (sulfide) groups is 1. The minimum absolute atomic E-state index is 0.134. The Bertz CT molecular complexity index is 554. The highest BCUT2D eigenvalue weighted by atomic mass is 32.2. The van der Waals surface area contributed by atoms with Crippen LogP contribution in [0, 0.1) is 0 Å². The number of nitrogens with one attached hydrogen (secondary N) is 1. The molecular formula is C14H24N2O2S2. The molecule has 0 amide bonds.